The molecule has 6 heteroatoms. The minimum absolute atomic E-state index is 0.0413. The molecule has 2 rings (SSSR count). The van der Waals surface area contributed by atoms with Crippen molar-refractivity contribution in [1.82, 2.24) is 9.55 Å². The van der Waals surface area contributed by atoms with Gasteiger partial charge in [-0.05, 0) is 27.2 Å². The normalized spacial score (nSPS) is 20.5. The summed E-state index contributed by atoms with van der Waals surface area (Å²) in [6, 6.07) is -0.0413. The minimum Gasteiger partial charge on any atom is -0.481 e. The van der Waals surface area contributed by atoms with Crippen LogP contribution in [0.5, 0.6) is 0 Å². The summed E-state index contributed by atoms with van der Waals surface area (Å²) in [4.78, 5) is 27.2. The molecular weight excluding hydrogens is 248 g/mol. The van der Waals surface area contributed by atoms with Crippen molar-refractivity contribution < 1.29 is 14.6 Å². The molecule has 1 fully saturated rings. The molecular formula is C13H18N2O4. The van der Waals surface area contributed by atoms with Gasteiger partial charge >= 0.3 is 11.7 Å². The van der Waals surface area contributed by atoms with Crippen LogP contribution in [-0.4, -0.2) is 33.8 Å². The number of ether oxygens (including phenoxy) is 1. The Morgan fingerprint density at radius 1 is 1.53 bits per heavy atom. The average Bonchev–Trinajstić information content (AvgIpc) is 2.81. The third kappa shape index (κ3) is 2.40. The van der Waals surface area contributed by atoms with Crippen LogP contribution in [0.25, 0.3) is 0 Å². The van der Waals surface area contributed by atoms with Gasteiger partial charge in [0.25, 0.3) is 0 Å². The maximum absolute atomic E-state index is 12.0. The smallest absolute Gasteiger partial charge is 0.348 e. The second kappa shape index (κ2) is 5.13. The van der Waals surface area contributed by atoms with E-state index >= 15 is 0 Å². The Balaban J connectivity index is 2.59. The molecule has 1 aromatic heterocycles. The Labute approximate surface area is 111 Å². The van der Waals surface area contributed by atoms with E-state index in [2.05, 4.69) is 4.98 Å². The van der Waals surface area contributed by atoms with Crippen molar-refractivity contribution in [2.45, 2.75) is 39.2 Å². The topological polar surface area (TPSA) is 81.4 Å². The second-order valence-corrected chi connectivity index (χ2v) is 4.93. The quantitative estimate of drug-likeness (QED) is 0.883. The van der Waals surface area contributed by atoms with E-state index in [1.165, 1.54) is 0 Å². The van der Waals surface area contributed by atoms with Gasteiger partial charge in [0.2, 0.25) is 0 Å². The Kier molecular flexibility index (Phi) is 3.71. The number of aromatic nitrogens is 2. The van der Waals surface area contributed by atoms with Crippen molar-refractivity contribution >= 4 is 5.97 Å². The van der Waals surface area contributed by atoms with Crippen LogP contribution in [0.15, 0.2) is 4.79 Å². The van der Waals surface area contributed by atoms with Gasteiger partial charge in [0, 0.05) is 23.6 Å². The lowest BCUT2D eigenvalue weighted by atomic mass is 9.97. The number of nitrogens with zero attached hydrogens (tertiary/aromatic N) is 2. The third-order valence-electron chi connectivity index (χ3n) is 3.68. The van der Waals surface area contributed by atoms with Crippen LogP contribution in [0.4, 0.5) is 0 Å². The van der Waals surface area contributed by atoms with Crippen LogP contribution in [0.3, 0.4) is 0 Å². The van der Waals surface area contributed by atoms with Crippen molar-refractivity contribution in [1.29, 1.82) is 0 Å². The summed E-state index contributed by atoms with van der Waals surface area (Å²) in [6.45, 7) is 6.17. The molecule has 19 heavy (non-hydrogen) atoms. The van der Waals surface area contributed by atoms with E-state index in [1.54, 1.807) is 25.3 Å². The number of carboxylic acids is 1. The highest BCUT2D eigenvalue weighted by Gasteiger charge is 2.26. The molecule has 104 valence electrons. The Bertz CT molecular complexity index is 558. The fourth-order valence-electron chi connectivity index (χ4n) is 2.70. The molecule has 0 radical (unpaired) electrons. The zero-order valence-electron chi connectivity index (χ0n) is 11.3. The van der Waals surface area contributed by atoms with Crippen LogP contribution < -0.4 is 5.69 Å². The predicted octanol–water partition coefficient (Wildman–Crippen LogP) is 1.01. The first-order chi connectivity index (χ1) is 8.93. The maximum atomic E-state index is 12.0. The van der Waals surface area contributed by atoms with Gasteiger partial charge in [-0.2, -0.15) is 4.98 Å². The maximum Gasteiger partial charge on any atom is 0.348 e. The summed E-state index contributed by atoms with van der Waals surface area (Å²) in [7, 11) is 0. The van der Waals surface area contributed by atoms with Gasteiger partial charge in [0.05, 0.1) is 18.6 Å². The van der Waals surface area contributed by atoms with Crippen molar-refractivity contribution in [2.24, 2.45) is 0 Å². The number of rotatable bonds is 3. The van der Waals surface area contributed by atoms with Crippen LogP contribution in [-0.2, 0) is 9.53 Å². The molecule has 2 heterocycles. The minimum atomic E-state index is -0.916. The number of carbonyl (C=O) groups is 1. The predicted molar refractivity (Wildman–Crippen MR) is 68.5 cm³/mol. The largest absolute Gasteiger partial charge is 0.481 e. The van der Waals surface area contributed by atoms with Gasteiger partial charge in [-0.1, -0.05) is 0 Å². The molecule has 2 atom stereocenters. The van der Waals surface area contributed by atoms with Crippen molar-refractivity contribution in [3.8, 4) is 0 Å². The van der Waals surface area contributed by atoms with Gasteiger partial charge < -0.3 is 9.84 Å². The highest BCUT2D eigenvalue weighted by Crippen LogP contribution is 2.25. The molecule has 0 spiro atoms. The van der Waals surface area contributed by atoms with Crippen LogP contribution in [0, 0.1) is 13.8 Å². The van der Waals surface area contributed by atoms with Gasteiger partial charge in [0.15, 0.2) is 0 Å². The summed E-state index contributed by atoms with van der Waals surface area (Å²) in [6.07, 6.45) is 0.756. The van der Waals surface area contributed by atoms with E-state index in [9.17, 15) is 14.7 Å². The zero-order valence-corrected chi connectivity index (χ0v) is 11.3. The fourth-order valence-corrected chi connectivity index (χ4v) is 2.70. The van der Waals surface area contributed by atoms with Crippen molar-refractivity contribution in [3.05, 3.63) is 27.4 Å². The Morgan fingerprint density at radius 3 is 2.74 bits per heavy atom. The molecule has 1 aromatic rings. The average molecular weight is 266 g/mol. The number of hydrogen-bond donors (Lipinski definition) is 1. The highest BCUT2D eigenvalue weighted by molar-refractivity contribution is 5.76. The lowest BCUT2D eigenvalue weighted by Crippen LogP contribution is -2.32. The molecule has 0 saturated carbocycles. The van der Waals surface area contributed by atoms with Crippen LogP contribution in [0.2, 0.25) is 0 Å². The Morgan fingerprint density at radius 2 is 2.21 bits per heavy atom. The lowest BCUT2D eigenvalue weighted by molar-refractivity contribution is -0.138. The monoisotopic (exact) mass is 266 g/mol. The van der Waals surface area contributed by atoms with E-state index in [4.69, 9.17) is 4.74 Å². The third-order valence-corrected chi connectivity index (χ3v) is 3.68. The summed E-state index contributed by atoms with van der Waals surface area (Å²) in [5.41, 5.74) is 1.47. The molecule has 1 N–H and O–H groups in total. The number of aliphatic carboxylic acids is 1. The highest BCUT2D eigenvalue weighted by atomic mass is 16.5. The first kappa shape index (κ1) is 13.7. The molecule has 1 saturated heterocycles. The molecule has 0 bridgehead atoms. The lowest BCUT2D eigenvalue weighted by Gasteiger charge is -2.21. The number of carboxylic acid groups (broad SMARTS) is 1. The van der Waals surface area contributed by atoms with E-state index in [-0.39, 0.29) is 11.7 Å². The van der Waals surface area contributed by atoms with Crippen LogP contribution >= 0.6 is 0 Å². The molecule has 1 aliphatic heterocycles. The summed E-state index contributed by atoms with van der Waals surface area (Å²) >= 11 is 0. The van der Waals surface area contributed by atoms with Crippen LogP contribution in [0.1, 0.15) is 42.3 Å². The summed E-state index contributed by atoms with van der Waals surface area (Å²) < 4.78 is 6.87. The molecule has 6 nitrogen and oxygen atoms in total. The number of hydrogen-bond acceptors (Lipinski definition) is 4. The molecule has 1 aliphatic rings. The first-order valence-corrected chi connectivity index (χ1v) is 6.33. The summed E-state index contributed by atoms with van der Waals surface area (Å²) in [5.74, 6) is -1.59. The standard InChI is InChI=1S/C13H18N2O4/c1-7(12(16)17)11-8(2)14-13(18)15(9(11)3)10-4-5-19-6-10/h7,10H,4-6H2,1-3H3,(H,16,17). The zero-order chi connectivity index (χ0) is 14.2. The van der Waals surface area contributed by atoms with Gasteiger partial charge in [-0.3, -0.25) is 9.36 Å². The Hall–Kier alpha value is -1.69. The summed E-state index contributed by atoms with van der Waals surface area (Å²) in [5, 5.41) is 9.17. The van der Waals surface area contributed by atoms with E-state index in [0.29, 0.717) is 30.2 Å². The molecule has 0 amide bonds. The van der Waals surface area contributed by atoms with E-state index in [1.807, 2.05) is 0 Å². The van der Waals surface area contributed by atoms with Gasteiger partial charge in [0.1, 0.15) is 0 Å². The van der Waals surface area contributed by atoms with Crippen molar-refractivity contribution in [2.75, 3.05) is 13.2 Å². The number of aryl methyl sites for hydroxylation is 1. The van der Waals surface area contributed by atoms with Gasteiger partial charge in [-0.25, -0.2) is 4.79 Å². The van der Waals surface area contributed by atoms with E-state index < -0.39 is 11.9 Å². The fraction of sp³-hybridized carbons (Fsp3) is 0.615. The first-order valence-electron chi connectivity index (χ1n) is 6.33. The molecule has 0 aliphatic carbocycles. The second-order valence-electron chi connectivity index (χ2n) is 4.93. The van der Waals surface area contributed by atoms with E-state index in [0.717, 1.165) is 6.42 Å². The molecule has 2 unspecified atom stereocenters. The van der Waals surface area contributed by atoms with Crippen molar-refractivity contribution in [3.63, 3.8) is 0 Å². The van der Waals surface area contributed by atoms with Gasteiger partial charge in [-0.15, -0.1) is 0 Å². The molecule has 0 aromatic carbocycles. The SMILES string of the molecule is Cc1nc(=O)n(C2CCOC2)c(C)c1C(C)C(=O)O.